The SMILES string of the molecule is COC(=O)C1(C(=O)OC)CC(=O)N(C)c2cccnc21. The number of anilines is 1. The second-order valence-electron chi connectivity index (χ2n) is 4.39. The van der Waals surface area contributed by atoms with Gasteiger partial charge in [0.1, 0.15) is 0 Å². The molecular weight excluding hydrogens is 264 g/mol. The molecular formula is C13H14N2O5. The maximum Gasteiger partial charge on any atom is 0.330 e. The molecule has 1 aliphatic rings. The van der Waals surface area contributed by atoms with Crippen molar-refractivity contribution in [2.45, 2.75) is 11.8 Å². The number of rotatable bonds is 2. The van der Waals surface area contributed by atoms with Gasteiger partial charge < -0.3 is 14.4 Å². The Labute approximate surface area is 115 Å². The largest absolute Gasteiger partial charge is 0.468 e. The quantitative estimate of drug-likeness (QED) is 0.560. The van der Waals surface area contributed by atoms with Crippen molar-refractivity contribution in [3.05, 3.63) is 24.0 Å². The number of methoxy groups -OCH3 is 2. The van der Waals surface area contributed by atoms with Gasteiger partial charge in [-0.15, -0.1) is 0 Å². The number of esters is 2. The number of fused-ring (bicyclic) bond motifs is 1. The van der Waals surface area contributed by atoms with Crippen LogP contribution in [0, 0.1) is 0 Å². The number of carbonyl (C=O) groups excluding carboxylic acids is 3. The van der Waals surface area contributed by atoms with E-state index in [-0.39, 0.29) is 18.0 Å². The first kappa shape index (κ1) is 14.0. The van der Waals surface area contributed by atoms with E-state index in [2.05, 4.69) is 4.98 Å². The van der Waals surface area contributed by atoms with E-state index in [1.165, 1.54) is 11.1 Å². The Bertz CT molecular complexity index is 568. The number of ether oxygens (including phenoxy) is 2. The molecule has 0 aliphatic carbocycles. The smallest absolute Gasteiger partial charge is 0.330 e. The minimum Gasteiger partial charge on any atom is -0.468 e. The van der Waals surface area contributed by atoms with E-state index in [4.69, 9.17) is 9.47 Å². The summed E-state index contributed by atoms with van der Waals surface area (Å²) >= 11 is 0. The number of amides is 1. The van der Waals surface area contributed by atoms with Crippen LogP contribution in [0.4, 0.5) is 5.69 Å². The molecule has 7 heteroatoms. The Morgan fingerprint density at radius 3 is 2.45 bits per heavy atom. The molecule has 0 aromatic carbocycles. The summed E-state index contributed by atoms with van der Waals surface area (Å²) in [5.41, 5.74) is -1.29. The van der Waals surface area contributed by atoms with Crippen LogP contribution in [-0.2, 0) is 29.3 Å². The highest BCUT2D eigenvalue weighted by Crippen LogP contribution is 2.40. The van der Waals surface area contributed by atoms with Gasteiger partial charge in [0.25, 0.3) is 0 Å². The summed E-state index contributed by atoms with van der Waals surface area (Å²) in [7, 11) is 3.86. The van der Waals surface area contributed by atoms with E-state index >= 15 is 0 Å². The number of aromatic nitrogens is 1. The van der Waals surface area contributed by atoms with Crippen LogP contribution in [0.5, 0.6) is 0 Å². The highest BCUT2D eigenvalue weighted by Gasteiger charge is 2.57. The maximum absolute atomic E-state index is 12.2. The third-order valence-electron chi connectivity index (χ3n) is 3.41. The zero-order chi connectivity index (χ0) is 14.9. The van der Waals surface area contributed by atoms with Crippen LogP contribution in [0.1, 0.15) is 12.1 Å². The lowest BCUT2D eigenvalue weighted by atomic mass is 9.76. The standard InChI is InChI=1S/C13H14N2O5/c1-15-8-5-4-6-14-10(8)13(7-9(15)16,11(17)19-2)12(18)20-3/h4-6H,7H2,1-3H3. The summed E-state index contributed by atoms with van der Waals surface area (Å²) in [6, 6.07) is 3.23. The minimum atomic E-state index is -1.84. The molecule has 0 radical (unpaired) electrons. The molecule has 106 valence electrons. The Kier molecular flexibility index (Phi) is 3.44. The molecule has 0 unspecified atom stereocenters. The van der Waals surface area contributed by atoms with Crippen LogP contribution in [0.3, 0.4) is 0 Å². The molecule has 1 aromatic rings. The molecule has 0 atom stereocenters. The molecule has 0 fully saturated rings. The van der Waals surface area contributed by atoms with Crippen LogP contribution in [0.2, 0.25) is 0 Å². The van der Waals surface area contributed by atoms with Gasteiger partial charge in [-0.25, -0.2) is 0 Å². The van der Waals surface area contributed by atoms with Gasteiger partial charge in [-0.2, -0.15) is 0 Å². The Hall–Kier alpha value is -2.44. The zero-order valence-corrected chi connectivity index (χ0v) is 11.4. The predicted octanol–water partition coefficient (Wildman–Crippen LogP) is 0.0319. The normalized spacial score (nSPS) is 16.4. The van der Waals surface area contributed by atoms with Crippen molar-refractivity contribution in [1.29, 1.82) is 0 Å². The van der Waals surface area contributed by atoms with Gasteiger partial charge in [-0.1, -0.05) is 0 Å². The molecule has 1 amide bonds. The highest BCUT2D eigenvalue weighted by atomic mass is 16.5. The van der Waals surface area contributed by atoms with Crippen LogP contribution in [0.15, 0.2) is 18.3 Å². The van der Waals surface area contributed by atoms with Crippen LogP contribution in [0.25, 0.3) is 0 Å². The number of pyridine rings is 1. The summed E-state index contributed by atoms with van der Waals surface area (Å²) in [6.07, 6.45) is 1.08. The van der Waals surface area contributed by atoms with E-state index in [0.717, 1.165) is 14.2 Å². The Morgan fingerprint density at radius 1 is 1.30 bits per heavy atom. The van der Waals surface area contributed by atoms with Crippen LogP contribution >= 0.6 is 0 Å². The van der Waals surface area contributed by atoms with Crippen molar-refractivity contribution >= 4 is 23.5 Å². The molecule has 0 N–H and O–H groups in total. The summed E-state index contributed by atoms with van der Waals surface area (Å²) in [5.74, 6) is -2.10. The molecule has 0 bridgehead atoms. The predicted molar refractivity (Wildman–Crippen MR) is 68.0 cm³/mol. The van der Waals surface area contributed by atoms with E-state index in [9.17, 15) is 14.4 Å². The average Bonchev–Trinajstić information content (AvgIpc) is 2.49. The molecule has 0 spiro atoms. The lowest BCUT2D eigenvalue weighted by Gasteiger charge is -2.36. The molecule has 2 heterocycles. The van der Waals surface area contributed by atoms with Gasteiger partial charge in [-0.3, -0.25) is 19.4 Å². The molecule has 2 rings (SSSR count). The van der Waals surface area contributed by atoms with Crippen LogP contribution in [-0.4, -0.2) is 44.1 Å². The van der Waals surface area contributed by atoms with Crippen molar-refractivity contribution in [1.82, 2.24) is 4.98 Å². The van der Waals surface area contributed by atoms with Gasteiger partial charge in [-0.05, 0) is 12.1 Å². The lowest BCUT2D eigenvalue weighted by molar-refractivity contribution is -0.164. The molecule has 0 saturated heterocycles. The number of hydrogen-bond acceptors (Lipinski definition) is 6. The second kappa shape index (κ2) is 4.92. The van der Waals surface area contributed by atoms with E-state index in [0.29, 0.717) is 5.69 Å². The van der Waals surface area contributed by atoms with E-state index < -0.39 is 17.4 Å². The fraction of sp³-hybridized carbons (Fsp3) is 0.385. The fourth-order valence-electron chi connectivity index (χ4n) is 2.33. The fourth-order valence-corrected chi connectivity index (χ4v) is 2.33. The van der Waals surface area contributed by atoms with Gasteiger partial charge in [0.2, 0.25) is 11.3 Å². The molecule has 7 nitrogen and oxygen atoms in total. The number of nitrogens with zero attached hydrogens (tertiary/aromatic N) is 2. The van der Waals surface area contributed by atoms with Crippen LogP contribution < -0.4 is 4.90 Å². The zero-order valence-electron chi connectivity index (χ0n) is 11.4. The Morgan fingerprint density at radius 2 is 1.90 bits per heavy atom. The first-order valence-electron chi connectivity index (χ1n) is 5.88. The molecule has 1 aliphatic heterocycles. The average molecular weight is 278 g/mol. The molecule has 0 saturated carbocycles. The second-order valence-corrected chi connectivity index (χ2v) is 4.39. The van der Waals surface area contributed by atoms with Gasteiger partial charge >= 0.3 is 11.9 Å². The number of hydrogen-bond donors (Lipinski definition) is 0. The monoisotopic (exact) mass is 278 g/mol. The van der Waals surface area contributed by atoms with Crippen molar-refractivity contribution in [2.24, 2.45) is 0 Å². The third kappa shape index (κ3) is 1.74. The first-order valence-corrected chi connectivity index (χ1v) is 5.88. The van der Waals surface area contributed by atoms with E-state index in [1.54, 1.807) is 19.2 Å². The molecule has 20 heavy (non-hydrogen) atoms. The third-order valence-corrected chi connectivity index (χ3v) is 3.41. The van der Waals surface area contributed by atoms with E-state index in [1.807, 2.05) is 0 Å². The van der Waals surface area contributed by atoms with Gasteiger partial charge in [0.05, 0.1) is 32.0 Å². The molecule has 1 aromatic heterocycles. The van der Waals surface area contributed by atoms with Crippen molar-refractivity contribution in [2.75, 3.05) is 26.2 Å². The van der Waals surface area contributed by atoms with Gasteiger partial charge in [0, 0.05) is 13.2 Å². The van der Waals surface area contributed by atoms with Gasteiger partial charge in [0.15, 0.2) is 0 Å². The first-order chi connectivity index (χ1) is 9.48. The topological polar surface area (TPSA) is 85.8 Å². The van der Waals surface area contributed by atoms with Crippen molar-refractivity contribution < 1.29 is 23.9 Å². The minimum absolute atomic E-state index is 0.167. The lowest BCUT2D eigenvalue weighted by Crippen LogP contribution is -2.53. The summed E-state index contributed by atoms with van der Waals surface area (Å²) < 4.78 is 9.41. The highest BCUT2D eigenvalue weighted by molar-refractivity contribution is 6.14. The number of carbonyl (C=O) groups is 3. The van der Waals surface area contributed by atoms with Crippen molar-refractivity contribution in [3.8, 4) is 0 Å². The Balaban J connectivity index is 2.75. The summed E-state index contributed by atoms with van der Waals surface area (Å²) in [4.78, 5) is 41.9. The summed E-state index contributed by atoms with van der Waals surface area (Å²) in [5, 5.41) is 0. The maximum atomic E-state index is 12.2. The summed E-state index contributed by atoms with van der Waals surface area (Å²) in [6.45, 7) is 0. The van der Waals surface area contributed by atoms with Crippen molar-refractivity contribution in [3.63, 3.8) is 0 Å².